The molecule has 4 fully saturated rings. The first-order valence-electron chi connectivity index (χ1n) is 41.6. The van der Waals surface area contributed by atoms with E-state index in [4.69, 9.17) is 27.5 Å². The Morgan fingerprint density at radius 2 is 0.648 bits per heavy atom. The van der Waals surface area contributed by atoms with Gasteiger partial charge in [-0.05, 0) is 61.4 Å². The summed E-state index contributed by atoms with van der Waals surface area (Å²) in [5.74, 6) is -4.11. The normalized spacial score (nSPS) is 17.1. The van der Waals surface area contributed by atoms with Crippen LogP contribution in [0.25, 0.3) is 46.1 Å². The minimum Gasteiger partial charge on any atom is 0 e. The maximum atomic E-state index is 12.9. The number of carbonyl (C=O) groups is 11. The fourth-order valence-electron chi connectivity index (χ4n) is 12.8. The number of aromatic nitrogens is 12. The Kier molecular flexibility index (Phi) is 46.3. The van der Waals surface area contributed by atoms with Crippen molar-refractivity contribution in [2.45, 2.75) is 38.5 Å². The Labute approximate surface area is 758 Å². The summed E-state index contributed by atoms with van der Waals surface area (Å²) >= 11 is -4.19. The van der Waals surface area contributed by atoms with E-state index in [0.29, 0.717) is 184 Å². The number of aliphatic carboxylic acids is 2. The van der Waals surface area contributed by atoms with Crippen LogP contribution in [0.2, 0.25) is 0 Å². The number of carboxylic acid groups (broad SMARTS) is 2. The first-order chi connectivity index (χ1) is 61.6. The summed E-state index contributed by atoms with van der Waals surface area (Å²) in [6.45, 7) is 13.9. The van der Waals surface area contributed by atoms with Crippen LogP contribution >= 0.6 is 0 Å². The number of nitrogens with zero attached hydrogens (tertiary/aromatic N) is 20. The summed E-state index contributed by atoms with van der Waals surface area (Å²) in [4.78, 5) is 168. The number of hydrogen-bond donors (Lipinski definition) is 9. The Bertz CT molecular complexity index is 4400. The van der Waals surface area contributed by atoms with E-state index in [1.165, 1.54) is 12.4 Å². The summed E-state index contributed by atoms with van der Waals surface area (Å²) in [5, 5.41) is 77.9. The van der Waals surface area contributed by atoms with Crippen molar-refractivity contribution in [3.63, 3.8) is 0 Å². The van der Waals surface area contributed by atoms with Crippen molar-refractivity contribution in [2.75, 3.05) is 247 Å². The molecule has 47 nitrogen and oxygen atoms in total. The number of amides is 6. The number of pyridine rings is 4. The molecule has 10 rings (SSSR count). The van der Waals surface area contributed by atoms with Crippen molar-refractivity contribution in [3.8, 4) is 46.1 Å². The molecule has 49 heteroatoms. The largest absolute Gasteiger partial charge is 0 e. The molecule has 9 N–H and O–H groups in total. The predicted molar refractivity (Wildman–Crippen MR) is 451 cm³/mol. The van der Waals surface area contributed by atoms with Crippen molar-refractivity contribution in [3.05, 3.63) is 97.8 Å². The van der Waals surface area contributed by atoms with Gasteiger partial charge in [0.2, 0.25) is 52.8 Å². The molecule has 10 heterocycles. The monoisotopic (exact) mass is 1940 g/mol. The molecule has 6 aromatic rings. The van der Waals surface area contributed by atoms with E-state index >= 15 is 0 Å². The van der Waals surface area contributed by atoms with Gasteiger partial charge in [-0.3, -0.25) is 73.1 Å². The number of carboxylic acids is 2. The van der Waals surface area contributed by atoms with Crippen LogP contribution in [-0.2, 0) is 97.3 Å². The number of carbonyl (C=O) groups excluding carboxylic acids is 9. The topological polar surface area (TPSA) is 566 Å². The van der Waals surface area contributed by atoms with Crippen LogP contribution in [0.5, 0.6) is 0 Å². The van der Waals surface area contributed by atoms with Crippen LogP contribution in [-0.4, -0.2) is 439 Å². The van der Waals surface area contributed by atoms with Gasteiger partial charge in [-0.2, -0.15) is 0 Å². The molecule has 0 aromatic carbocycles. The van der Waals surface area contributed by atoms with Crippen molar-refractivity contribution in [1.82, 2.24) is 121 Å². The fraction of sp³-hybridized carbons (Fsp3) is 0.532. The minimum absolute atomic E-state index is 0. The zero-order valence-corrected chi connectivity index (χ0v) is 75.2. The molecule has 6 aromatic heterocycles. The van der Waals surface area contributed by atoms with Crippen molar-refractivity contribution < 1.29 is 113 Å². The van der Waals surface area contributed by atoms with E-state index in [1.807, 2.05) is 41.5 Å². The zero-order valence-electron chi connectivity index (χ0n) is 71.0. The van der Waals surface area contributed by atoms with E-state index in [2.05, 4.69) is 99.2 Å². The average molecular weight is 1940 g/mol. The molecular weight excluding hydrogens is 1830 g/mol. The Balaban J connectivity index is 0.000000314. The molecule has 4 bridgehead atoms. The third-order valence-corrected chi connectivity index (χ3v) is 23.3. The second-order valence-electron chi connectivity index (χ2n) is 29.4. The molecular formula is C79H109CuInN26O21. The SMILES string of the molecule is C=C(O)CN1CCN(CC(=O)O)CCN(CC(=O)O)CCN(CC(=O)NCCOCCOCCNC(=O)CCCC(=O)Nc2ccc(-c3nnc(-c4ccccn4)nn3)nc2)CC1.O=C(CCCC(=O)Nc1ccc(-c2nnc(-c3ccccn3)nn2)nc1)NCCOCCOCCNC(=O)CN1CCN2CCN3CCN(CC1)CC(=O)[O][In]([O]C(=O)C2)[O]C(=O)C3.[Cu]. The Morgan fingerprint density at radius 1 is 0.359 bits per heavy atom. The number of rotatable bonds is 42. The fourth-order valence-corrected chi connectivity index (χ4v) is 15.7. The van der Waals surface area contributed by atoms with E-state index < -0.39 is 52.6 Å². The van der Waals surface area contributed by atoms with Crippen LogP contribution in [0, 0.1) is 0 Å². The first-order valence-corrected chi connectivity index (χ1v) is 45.7. The molecule has 128 heavy (non-hydrogen) atoms. The quantitative estimate of drug-likeness (QED) is 0.0104. The molecule has 0 spiro atoms. The summed E-state index contributed by atoms with van der Waals surface area (Å²) < 4.78 is 38.4. The zero-order chi connectivity index (χ0) is 90.2. The van der Waals surface area contributed by atoms with Crippen LogP contribution < -0.4 is 31.9 Å². The number of nitrogens with one attached hydrogen (secondary N) is 6. The van der Waals surface area contributed by atoms with Crippen LogP contribution in [0.15, 0.2) is 97.8 Å². The summed E-state index contributed by atoms with van der Waals surface area (Å²) in [5.41, 5.74) is 2.92. The smallest absolute Gasteiger partial charge is 0 e. The van der Waals surface area contributed by atoms with E-state index in [-0.39, 0.29) is 207 Å². The van der Waals surface area contributed by atoms with Gasteiger partial charge in [0.05, 0.1) is 102 Å². The van der Waals surface area contributed by atoms with Crippen molar-refractivity contribution >= 4 is 99.4 Å². The predicted octanol–water partition coefficient (Wildman–Crippen LogP) is -3.15. The molecule has 695 valence electrons. The van der Waals surface area contributed by atoms with Gasteiger partial charge in [-0.15, -0.1) is 40.8 Å². The van der Waals surface area contributed by atoms with Gasteiger partial charge in [-0.25, -0.2) is 0 Å². The number of aliphatic hydroxyl groups is 1. The van der Waals surface area contributed by atoms with Gasteiger partial charge >= 0.3 is 203 Å². The van der Waals surface area contributed by atoms with Gasteiger partial charge in [0.1, 0.15) is 22.8 Å². The molecule has 4 saturated heterocycles. The standard InChI is InChI=1S/C40H57N13O10.C39H55N13O11.Cu.In/c1-30(54)26-50-13-15-51(16-18-53(29-38(60)61)20-19-52(17-14-50)28-37(58)59)27-36(57)43-12-22-63-24-23-62-21-11-42-34(55)6-4-7-35(56)45-31-8-9-33(44-25-31)40-48-46-39(47-49-40)32-5-2-3-10-41-32;53-32(5-3-6-33(54)44-29-7-8-31(43-24-29)39-47-45-38(46-48-39)30-4-1-2-9-40-30)41-10-20-62-22-23-63-21-11-42-34(55)25-49-12-14-50(26-35(56)57)16-18-52(28-37(60)61)19-17-51(15-13-49)27-36(58)59;;/h2-3,5,8-10,25,54H,1,4,6-7,11-24,26-29H2,(H,42,55)(H,43,57)(H,45,56)(H,58,59)(H,60,61);1-2,4,7-9,24H,3,5-6,10-23,25-28H2,(H,41,53)(H,42,55)(H,44,54)(H,56,57)(H,58,59)(H,60,61);;/q;;;+3/p-3. The molecule has 4 aliphatic rings. The number of ether oxygens (including phenoxy) is 4. The summed E-state index contributed by atoms with van der Waals surface area (Å²) in [6.07, 6.45) is 7.53. The van der Waals surface area contributed by atoms with E-state index in [0.717, 1.165) is 0 Å². The average Bonchev–Trinajstić information content (AvgIpc) is 0.902. The number of hydrogen-bond acceptors (Lipinski definition) is 39. The van der Waals surface area contributed by atoms with Crippen LogP contribution in [0.1, 0.15) is 38.5 Å². The Morgan fingerprint density at radius 3 is 0.945 bits per heavy atom. The van der Waals surface area contributed by atoms with Gasteiger partial charge in [-0.1, -0.05) is 18.7 Å². The van der Waals surface area contributed by atoms with Crippen LogP contribution in [0.3, 0.4) is 0 Å². The third kappa shape index (κ3) is 41.0. The van der Waals surface area contributed by atoms with Crippen molar-refractivity contribution in [2.24, 2.45) is 0 Å². The molecule has 1 radical (unpaired) electrons. The molecule has 4 aliphatic heterocycles. The third-order valence-electron chi connectivity index (χ3n) is 19.4. The van der Waals surface area contributed by atoms with Crippen molar-refractivity contribution in [1.29, 1.82) is 0 Å². The maximum absolute atomic E-state index is 12.9. The van der Waals surface area contributed by atoms with Gasteiger partial charge in [0.15, 0.2) is 0 Å². The number of aliphatic hydroxyl groups excluding tert-OH is 1. The second-order valence-corrected chi connectivity index (χ2v) is 33.0. The molecule has 6 amide bonds. The van der Waals surface area contributed by atoms with E-state index in [9.17, 15) is 68.1 Å². The maximum Gasteiger partial charge on any atom is 0 e. The second kappa shape index (κ2) is 57.8. The summed E-state index contributed by atoms with van der Waals surface area (Å²) in [7, 11) is 0. The molecule has 2 unspecified atom stereocenters. The first kappa shape index (κ1) is 102. The molecule has 0 saturated carbocycles. The molecule has 2 atom stereocenters. The summed E-state index contributed by atoms with van der Waals surface area (Å²) in [6, 6.07) is 17.3. The van der Waals surface area contributed by atoms with E-state index in [1.54, 1.807) is 70.7 Å². The number of anilines is 2. The Hall–Kier alpha value is -10.9. The molecule has 0 aliphatic carbocycles. The minimum atomic E-state index is -4.19. The van der Waals surface area contributed by atoms with Gasteiger partial charge in [0, 0.05) is 127 Å². The number of fused-ring (bicyclic) bond motifs is 7. The van der Waals surface area contributed by atoms with Crippen LogP contribution in [0.4, 0.5) is 11.4 Å². The van der Waals surface area contributed by atoms with Gasteiger partial charge in [0.25, 0.3) is 0 Å². The van der Waals surface area contributed by atoms with Gasteiger partial charge < -0.3 is 60.9 Å².